The zero-order chi connectivity index (χ0) is 13.5. The van der Waals surface area contributed by atoms with Gasteiger partial charge in [0.15, 0.2) is 0 Å². The fraction of sp³-hybridized carbons (Fsp3) is 0.533. The van der Waals surface area contributed by atoms with Gasteiger partial charge in [-0.05, 0) is 43.4 Å². The van der Waals surface area contributed by atoms with Gasteiger partial charge in [-0.15, -0.1) is 0 Å². The highest BCUT2D eigenvalue weighted by Gasteiger charge is 2.41. The van der Waals surface area contributed by atoms with E-state index in [4.69, 9.17) is 10.5 Å². The molecular weight excluding hydrogens is 240 g/mol. The van der Waals surface area contributed by atoms with Crippen molar-refractivity contribution in [1.29, 1.82) is 0 Å². The summed E-state index contributed by atoms with van der Waals surface area (Å²) in [6.45, 7) is 3.99. The summed E-state index contributed by atoms with van der Waals surface area (Å²) in [6, 6.07) is 5.94. The molecule has 4 heteroatoms. The lowest BCUT2D eigenvalue weighted by atomic mass is 9.95. The van der Waals surface area contributed by atoms with Crippen LogP contribution in [-0.2, 0) is 22.5 Å². The molecule has 1 atom stereocenters. The highest BCUT2D eigenvalue weighted by atomic mass is 16.5. The summed E-state index contributed by atoms with van der Waals surface area (Å²) < 4.78 is 5.65. The summed E-state index contributed by atoms with van der Waals surface area (Å²) >= 11 is 0. The van der Waals surface area contributed by atoms with Gasteiger partial charge in [0.2, 0.25) is 0 Å². The summed E-state index contributed by atoms with van der Waals surface area (Å²) in [4.78, 5) is 14.5. The van der Waals surface area contributed by atoms with Crippen molar-refractivity contribution in [3.8, 4) is 0 Å². The lowest BCUT2D eigenvalue weighted by Crippen LogP contribution is -2.48. The Hall–Kier alpha value is -1.55. The molecule has 0 aromatic heterocycles. The molecule has 102 valence electrons. The number of nitrogen functional groups attached to an aromatic ring is 1. The third-order valence-corrected chi connectivity index (χ3v) is 4.26. The average Bonchev–Trinajstić information content (AvgIpc) is 2.86. The summed E-state index contributed by atoms with van der Waals surface area (Å²) in [5, 5.41) is 0. The van der Waals surface area contributed by atoms with E-state index < -0.39 is 5.60 Å². The van der Waals surface area contributed by atoms with E-state index in [1.165, 1.54) is 11.1 Å². The Morgan fingerprint density at radius 1 is 1.47 bits per heavy atom. The summed E-state index contributed by atoms with van der Waals surface area (Å²) in [7, 11) is 0. The number of carbonyl (C=O) groups excluding carboxylic acids is 1. The van der Waals surface area contributed by atoms with Gasteiger partial charge in [-0.2, -0.15) is 0 Å². The normalized spacial score (nSPS) is 26.3. The second kappa shape index (κ2) is 4.53. The maximum atomic E-state index is 12.6. The van der Waals surface area contributed by atoms with E-state index in [-0.39, 0.29) is 5.91 Å². The fourth-order valence-electron chi connectivity index (χ4n) is 3.09. The largest absolute Gasteiger partial charge is 0.398 e. The van der Waals surface area contributed by atoms with Gasteiger partial charge >= 0.3 is 0 Å². The quantitative estimate of drug-likeness (QED) is 0.782. The van der Waals surface area contributed by atoms with E-state index in [1.54, 1.807) is 0 Å². The minimum Gasteiger partial charge on any atom is -0.398 e. The number of nitrogens with two attached hydrogens (primary N) is 1. The number of ether oxygens (including phenoxy) is 1. The van der Waals surface area contributed by atoms with Gasteiger partial charge in [-0.1, -0.05) is 12.1 Å². The minimum absolute atomic E-state index is 0.123. The van der Waals surface area contributed by atoms with Crippen molar-refractivity contribution < 1.29 is 9.53 Å². The Balaban J connectivity index is 1.80. The van der Waals surface area contributed by atoms with Crippen LogP contribution in [0.15, 0.2) is 18.2 Å². The van der Waals surface area contributed by atoms with Crippen molar-refractivity contribution in [3.63, 3.8) is 0 Å². The van der Waals surface area contributed by atoms with Gasteiger partial charge in [0.1, 0.15) is 5.60 Å². The molecule has 1 amide bonds. The van der Waals surface area contributed by atoms with Crippen molar-refractivity contribution in [2.75, 3.05) is 18.9 Å². The molecule has 0 bridgehead atoms. The Bertz CT molecular complexity index is 507. The van der Waals surface area contributed by atoms with Crippen LogP contribution in [0, 0.1) is 0 Å². The third kappa shape index (κ3) is 2.10. The van der Waals surface area contributed by atoms with Gasteiger partial charge in [0.25, 0.3) is 5.91 Å². The number of fused-ring (bicyclic) bond motifs is 1. The number of nitrogens with zero attached hydrogens (tertiary/aromatic N) is 1. The molecular formula is C15H20N2O2. The first-order valence-corrected chi connectivity index (χ1v) is 6.90. The van der Waals surface area contributed by atoms with Crippen molar-refractivity contribution >= 4 is 11.6 Å². The van der Waals surface area contributed by atoms with Crippen LogP contribution in [0.1, 0.15) is 30.9 Å². The smallest absolute Gasteiger partial charge is 0.254 e. The SMILES string of the molecule is CC1(C(=O)N2CCc3c(N)cccc3C2)CCCO1. The first-order chi connectivity index (χ1) is 9.10. The first kappa shape index (κ1) is 12.5. The standard InChI is InChI=1S/C15H20N2O2/c1-15(7-3-9-19-15)14(18)17-8-6-12-11(10-17)4-2-5-13(12)16/h2,4-5H,3,6-10,16H2,1H3. The molecule has 1 unspecified atom stereocenters. The van der Waals surface area contributed by atoms with Crippen LogP contribution in [0.25, 0.3) is 0 Å². The summed E-state index contributed by atoms with van der Waals surface area (Å²) in [5.41, 5.74) is 8.58. The van der Waals surface area contributed by atoms with Crippen molar-refractivity contribution in [2.45, 2.75) is 38.3 Å². The topological polar surface area (TPSA) is 55.6 Å². The Kier molecular flexibility index (Phi) is 2.97. The molecule has 1 fully saturated rings. The molecule has 1 aromatic rings. The molecule has 19 heavy (non-hydrogen) atoms. The van der Waals surface area contributed by atoms with Gasteiger partial charge in [0.05, 0.1) is 0 Å². The van der Waals surface area contributed by atoms with Crippen LogP contribution in [0.3, 0.4) is 0 Å². The Morgan fingerprint density at radius 2 is 2.32 bits per heavy atom. The van der Waals surface area contributed by atoms with E-state index in [1.807, 2.05) is 24.0 Å². The van der Waals surface area contributed by atoms with Crippen molar-refractivity contribution in [3.05, 3.63) is 29.3 Å². The number of amides is 1. The molecule has 0 spiro atoms. The first-order valence-electron chi connectivity index (χ1n) is 6.90. The molecule has 4 nitrogen and oxygen atoms in total. The van der Waals surface area contributed by atoms with E-state index in [0.29, 0.717) is 13.2 Å². The van der Waals surface area contributed by atoms with Gasteiger partial charge in [-0.3, -0.25) is 4.79 Å². The van der Waals surface area contributed by atoms with Crippen molar-refractivity contribution in [2.24, 2.45) is 0 Å². The van der Waals surface area contributed by atoms with Gasteiger partial charge in [-0.25, -0.2) is 0 Å². The zero-order valence-corrected chi connectivity index (χ0v) is 11.3. The van der Waals surface area contributed by atoms with Gasteiger partial charge in [0, 0.05) is 25.4 Å². The molecule has 1 saturated heterocycles. The minimum atomic E-state index is -0.613. The predicted octanol–water partition coefficient (Wildman–Crippen LogP) is 1.72. The van der Waals surface area contributed by atoms with Crippen LogP contribution < -0.4 is 5.73 Å². The molecule has 2 aliphatic heterocycles. The monoisotopic (exact) mass is 260 g/mol. The molecule has 3 rings (SSSR count). The number of carbonyl (C=O) groups is 1. The second-order valence-electron chi connectivity index (χ2n) is 5.64. The molecule has 2 aliphatic rings. The van der Waals surface area contributed by atoms with E-state index >= 15 is 0 Å². The number of anilines is 1. The van der Waals surface area contributed by atoms with Crippen LogP contribution in [0.5, 0.6) is 0 Å². The Morgan fingerprint density at radius 3 is 3.05 bits per heavy atom. The van der Waals surface area contributed by atoms with Crippen molar-refractivity contribution in [1.82, 2.24) is 4.90 Å². The highest BCUT2D eigenvalue weighted by molar-refractivity contribution is 5.85. The number of benzene rings is 1. The molecule has 0 saturated carbocycles. The molecule has 2 heterocycles. The number of hydrogen-bond acceptors (Lipinski definition) is 3. The average molecular weight is 260 g/mol. The lowest BCUT2D eigenvalue weighted by Gasteiger charge is -2.35. The van der Waals surface area contributed by atoms with Crippen LogP contribution in [0.2, 0.25) is 0 Å². The molecule has 0 aliphatic carbocycles. The van der Waals surface area contributed by atoms with E-state index in [2.05, 4.69) is 6.07 Å². The maximum Gasteiger partial charge on any atom is 0.254 e. The van der Waals surface area contributed by atoms with E-state index in [9.17, 15) is 4.79 Å². The lowest BCUT2D eigenvalue weighted by molar-refractivity contribution is -0.152. The van der Waals surface area contributed by atoms with Gasteiger partial charge < -0.3 is 15.4 Å². The predicted molar refractivity (Wildman–Crippen MR) is 73.6 cm³/mol. The number of rotatable bonds is 1. The molecule has 1 aromatic carbocycles. The summed E-state index contributed by atoms with van der Waals surface area (Å²) in [5.74, 6) is 0.123. The molecule has 0 radical (unpaired) electrons. The van der Waals surface area contributed by atoms with Crippen LogP contribution >= 0.6 is 0 Å². The number of hydrogen-bond donors (Lipinski definition) is 1. The van der Waals surface area contributed by atoms with E-state index in [0.717, 1.165) is 31.5 Å². The van der Waals surface area contributed by atoms with Crippen LogP contribution in [0.4, 0.5) is 5.69 Å². The Labute approximate surface area is 113 Å². The van der Waals surface area contributed by atoms with Crippen LogP contribution in [-0.4, -0.2) is 29.6 Å². The highest BCUT2D eigenvalue weighted by Crippen LogP contribution is 2.30. The second-order valence-corrected chi connectivity index (χ2v) is 5.64. The summed E-state index contributed by atoms with van der Waals surface area (Å²) in [6.07, 6.45) is 2.63. The molecule has 2 N–H and O–H groups in total. The zero-order valence-electron chi connectivity index (χ0n) is 11.3. The maximum absolute atomic E-state index is 12.6. The fourth-order valence-corrected chi connectivity index (χ4v) is 3.09. The third-order valence-electron chi connectivity index (χ3n) is 4.26.